The van der Waals surface area contributed by atoms with Gasteiger partial charge in [0, 0.05) is 10.0 Å². The smallest absolute Gasteiger partial charge is 0.0736 e. The molecule has 2 heteroatoms. The number of hydrogen-bond acceptors (Lipinski definition) is 1. The molecule has 0 fully saturated rings. The number of halogens is 1. The quantitative estimate of drug-likeness (QED) is 0.296. The average molecular weight is 506 g/mol. The van der Waals surface area contributed by atoms with Crippen LogP contribution in [0.2, 0.25) is 0 Å². The van der Waals surface area contributed by atoms with Crippen LogP contribution in [0.5, 0.6) is 0 Å². The van der Waals surface area contributed by atoms with Crippen LogP contribution in [-0.4, -0.2) is 0 Å². The molecule has 168 valence electrons. The van der Waals surface area contributed by atoms with E-state index in [9.17, 15) is 0 Å². The predicted molar refractivity (Wildman–Crippen MR) is 147 cm³/mol. The zero-order chi connectivity index (χ0) is 23.5. The Bertz CT molecular complexity index is 1390. The molecule has 0 unspecified atom stereocenters. The topological polar surface area (TPSA) is 26.0 Å². The number of allylic oxidation sites excluding steroid dienone is 1. The van der Waals surface area contributed by atoms with Crippen molar-refractivity contribution in [2.45, 2.75) is 37.6 Å². The molecule has 0 bridgehead atoms. The molecule has 1 nitrogen and oxygen atoms in total. The molecule has 0 aliphatic heterocycles. The lowest BCUT2D eigenvalue weighted by molar-refractivity contribution is 0.413. The van der Waals surface area contributed by atoms with E-state index in [1.54, 1.807) is 0 Å². The highest BCUT2D eigenvalue weighted by atomic mass is 79.9. The first kappa shape index (κ1) is 21.6. The van der Waals surface area contributed by atoms with Crippen LogP contribution in [0.3, 0.4) is 0 Å². The second kappa shape index (κ2) is 7.80. The summed E-state index contributed by atoms with van der Waals surface area (Å²) in [6, 6.07) is 35.7. The number of rotatable bonds is 4. The molecule has 0 saturated carbocycles. The first-order chi connectivity index (χ1) is 16.6. The zero-order valence-corrected chi connectivity index (χ0v) is 21.2. The van der Waals surface area contributed by atoms with Gasteiger partial charge in [-0.2, -0.15) is 0 Å². The summed E-state index contributed by atoms with van der Waals surface area (Å²) in [6.45, 7) is 4.34. The van der Waals surface area contributed by atoms with E-state index in [2.05, 4.69) is 127 Å². The minimum Gasteiger partial charge on any atom is -0.321 e. The average Bonchev–Trinajstić information content (AvgIpc) is 3.34. The molecule has 0 amide bonds. The van der Waals surface area contributed by atoms with E-state index in [-0.39, 0.29) is 11.0 Å². The summed E-state index contributed by atoms with van der Waals surface area (Å²) in [7, 11) is 0. The summed E-state index contributed by atoms with van der Waals surface area (Å²) in [5.41, 5.74) is 17.8. The van der Waals surface area contributed by atoms with Gasteiger partial charge in [0.05, 0.1) is 5.41 Å². The molecule has 2 aliphatic carbocycles. The summed E-state index contributed by atoms with van der Waals surface area (Å²) in [5.74, 6) is 0. The maximum atomic E-state index is 6.74. The monoisotopic (exact) mass is 505 g/mol. The molecule has 0 aromatic heterocycles. The maximum Gasteiger partial charge on any atom is 0.0736 e. The van der Waals surface area contributed by atoms with Crippen molar-refractivity contribution in [1.29, 1.82) is 0 Å². The molecular formula is C32H28BrN. The van der Waals surface area contributed by atoms with Gasteiger partial charge < -0.3 is 5.73 Å². The largest absolute Gasteiger partial charge is 0.321 e. The summed E-state index contributed by atoms with van der Waals surface area (Å²) < 4.78 is 1.17. The number of fused-ring (bicyclic) bond motifs is 7. The third-order valence-corrected chi connectivity index (χ3v) is 8.95. The van der Waals surface area contributed by atoms with Crippen molar-refractivity contribution < 1.29 is 0 Å². The zero-order valence-electron chi connectivity index (χ0n) is 19.6. The highest BCUT2D eigenvalue weighted by Gasteiger charge is 2.52. The first-order valence-corrected chi connectivity index (χ1v) is 12.9. The van der Waals surface area contributed by atoms with Crippen LogP contribution in [0.25, 0.3) is 21.2 Å². The Morgan fingerprint density at radius 1 is 0.647 bits per heavy atom. The van der Waals surface area contributed by atoms with E-state index in [0.29, 0.717) is 0 Å². The van der Waals surface area contributed by atoms with Gasteiger partial charge >= 0.3 is 0 Å². The van der Waals surface area contributed by atoms with Crippen molar-refractivity contribution in [3.8, 4) is 11.1 Å². The van der Waals surface area contributed by atoms with Gasteiger partial charge in [-0.15, -0.1) is 0 Å². The van der Waals surface area contributed by atoms with Crippen LogP contribution in [0, 0.1) is 0 Å². The molecule has 2 aliphatic rings. The number of nitrogens with two attached hydrogens (primary N) is 1. The minimum absolute atomic E-state index is 0.285. The number of hydrogen-bond donors (Lipinski definition) is 1. The Kier molecular flexibility index (Phi) is 4.95. The molecule has 0 saturated heterocycles. The number of benzene rings is 4. The van der Waals surface area contributed by atoms with Gasteiger partial charge in [0.15, 0.2) is 0 Å². The normalized spacial score (nSPS) is 15.4. The lowest BCUT2D eigenvalue weighted by atomic mass is 9.68. The maximum absolute atomic E-state index is 6.74. The molecule has 0 radical (unpaired) electrons. The molecule has 1 spiro atoms. The SMILES string of the molecule is CCC(N)(CC)c1ccc(C2=C(Br)c3ccccc3C23c2ccccc2-c2ccccc23)cc1. The Balaban J connectivity index is 1.66. The van der Waals surface area contributed by atoms with Gasteiger partial charge in [-0.3, -0.25) is 0 Å². The Morgan fingerprint density at radius 3 is 1.59 bits per heavy atom. The van der Waals surface area contributed by atoms with Crippen LogP contribution in [0.4, 0.5) is 0 Å². The molecule has 0 heterocycles. The van der Waals surface area contributed by atoms with Crippen LogP contribution in [0.15, 0.2) is 97.1 Å². The van der Waals surface area contributed by atoms with Gasteiger partial charge in [-0.05, 0) is 78.9 Å². The van der Waals surface area contributed by atoms with Crippen LogP contribution in [-0.2, 0) is 11.0 Å². The second-order valence-electron chi connectivity index (χ2n) is 9.52. The summed E-state index contributed by atoms with van der Waals surface area (Å²) in [6.07, 6.45) is 1.84. The van der Waals surface area contributed by atoms with Gasteiger partial charge in [-0.1, -0.05) is 111 Å². The van der Waals surface area contributed by atoms with E-state index >= 15 is 0 Å². The van der Waals surface area contributed by atoms with Gasteiger partial charge in [0.25, 0.3) is 0 Å². The van der Waals surface area contributed by atoms with Crippen molar-refractivity contribution >= 4 is 26.0 Å². The summed E-state index contributed by atoms with van der Waals surface area (Å²) >= 11 is 4.07. The van der Waals surface area contributed by atoms with Crippen LogP contribution >= 0.6 is 15.9 Å². The van der Waals surface area contributed by atoms with Gasteiger partial charge in [-0.25, -0.2) is 0 Å². The molecule has 4 aromatic carbocycles. The van der Waals surface area contributed by atoms with Crippen molar-refractivity contribution in [3.05, 3.63) is 130 Å². The fourth-order valence-electron chi connectivity index (χ4n) is 6.20. The van der Waals surface area contributed by atoms with E-state index in [0.717, 1.165) is 12.8 Å². The lowest BCUT2D eigenvalue weighted by Crippen LogP contribution is -2.35. The minimum atomic E-state index is -0.348. The third kappa shape index (κ3) is 2.70. The molecule has 6 rings (SSSR count). The van der Waals surface area contributed by atoms with E-state index in [4.69, 9.17) is 5.73 Å². The fourth-order valence-corrected chi connectivity index (χ4v) is 7.07. The van der Waals surface area contributed by atoms with Crippen molar-refractivity contribution in [3.63, 3.8) is 0 Å². The highest BCUT2D eigenvalue weighted by molar-refractivity contribution is 9.15. The molecule has 4 aromatic rings. The van der Waals surface area contributed by atoms with E-state index in [1.165, 1.54) is 54.6 Å². The van der Waals surface area contributed by atoms with Gasteiger partial charge in [0.2, 0.25) is 0 Å². The van der Waals surface area contributed by atoms with Crippen LogP contribution < -0.4 is 5.73 Å². The summed E-state index contributed by atoms with van der Waals surface area (Å²) in [5, 5.41) is 0. The van der Waals surface area contributed by atoms with Crippen molar-refractivity contribution in [2.75, 3.05) is 0 Å². The first-order valence-electron chi connectivity index (χ1n) is 12.2. The standard InChI is InChI=1S/C32H28BrN/c1-3-31(34,4-2)22-19-17-21(18-20-22)29-30(33)25-13-7-10-16-28(25)32(29)26-14-8-5-11-23(26)24-12-6-9-15-27(24)32/h5-20H,3-4,34H2,1-2H3. The van der Waals surface area contributed by atoms with Crippen molar-refractivity contribution in [2.24, 2.45) is 5.73 Å². The molecule has 2 N–H and O–H groups in total. The summed E-state index contributed by atoms with van der Waals surface area (Å²) in [4.78, 5) is 0. The Morgan fingerprint density at radius 2 is 1.09 bits per heavy atom. The fraction of sp³-hybridized carbons (Fsp3) is 0.188. The predicted octanol–water partition coefficient (Wildman–Crippen LogP) is 8.25. The van der Waals surface area contributed by atoms with E-state index < -0.39 is 0 Å². The Labute approximate surface area is 210 Å². The third-order valence-electron chi connectivity index (χ3n) is 8.12. The lowest BCUT2D eigenvalue weighted by Gasteiger charge is -2.33. The van der Waals surface area contributed by atoms with Gasteiger partial charge in [0.1, 0.15) is 0 Å². The molecule has 34 heavy (non-hydrogen) atoms. The Hall–Kier alpha value is -2.94. The van der Waals surface area contributed by atoms with E-state index in [1.807, 2.05) is 0 Å². The highest BCUT2D eigenvalue weighted by Crippen LogP contribution is 2.65. The molecular weight excluding hydrogens is 478 g/mol. The van der Waals surface area contributed by atoms with Crippen LogP contribution in [0.1, 0.15) is 60.1 Å². The van der Waals surface area contributed by atoms with Crippen molar-refractivity contribution in [1.82, 2.24) is 0 Å². The second-order valence-corrected chi connectivity index (χ2v) is 10.3. The molecule has 0 atom stereocenters.